The molecule has 0 unspecified atom stereocenters. The topological polar surface area (TPSA) is 224 Å². The Morgan fingerprint density at radius 2 is 0.341 bits per heavy atom. The quantitative estimate of drug-likeness (QED) is 0.0510. The van der Waals surface area contributed by atoms with Gasteiger partial charge in [-0.05, 0) is 38.5 Å². The van der Waals surface area contributed by atoms with Crippen molar-refractivity contribution < 1.29 is 104 Å². The van der Waals surface area contributed by atoms with Gasteiger partial charge in [-0.25, -0.2) is 0 Å². The molecular weight excluding hydrogens is 910 g/mol. The molecule has 0 aliphatic heterocycles. The second-order valence-electron chi connectivity index (χ2n) is 9.17. The predicted octanol–water partition coefficient (Wildman–Crippen LogP) is 5.65. The number of hydrogen-bond donors (Lipinski definition) is 6. The summed E-state index contributed by atoms with van der Waals surface area (Å²) >= 11 is 0. The molecule has 0 amide bonds. The van der Waals surface area contributed by atoms with E-state index < -0.39 is 35.8 Å². The zero-order valence-corrected chi connectivity index (χ0v) is 27.9. The van der Waals surface area contributed by atoms with Crippen LogP contribution in [0.25, 0.3) is 0 Å². The van der Waals surface area contributed by atoms with Crippen molar-refractivity contribution >= 4 is 35.8 Å². The van der Waals surface area contributed by atoms with Crippen molar-refractivity contribution in [1.29, 1.82) is 0 Å². The number of rotatable bonds is 24. The van der Waals surface area contributed by atoms with Gasteiger partial charge in [0.05, 0.1) is 0 Å². The van der Waals surface area contributed by atoms with Crippen LogP contribution in [0.3, 0.4) is 0 Å². The van der Waals surface area contributed by atoms with E-state index in [9.17, 15) is 28.8 Å². The molecule has 250 valence electrons. The van der Waals surface area contributed by atoms with E-state index >= 15 is 0 Å². The molecule has 0 heterocycles. The van der Waals surface area contributed by atoms with Gasteiger partial charge in [0.2, 0.25) is 0 Å². The van der Waals surface area contributed by atoms with E-state index in [2.05, 4.69) is 0 Å². The number of hydrogen-bond acceptors (Lipinski definition) is 6. The van der Waals surface area contributed by atoms with Crippen LogP contribution in [-0.4, -0.2) is 66.5 Å². The predicted molar refractivity (Wildman–Crippen MR) is 143 cm³/mol. The molecule has 2 radical (unpaired) electrons. The largest absolute Gasteiger partial charge is 0.481 e. The minimum absolute atomic E-state index is 0. The Labute approximate surface area is 273 Å². The average molecular weight is 959 g/mol. The maximum Gasteiger partial charge on any atom is 0.303 e. The van der Waals surface area contributed by atoms with Crippen LogP contribution in [0.1, 0.15) is 135 Å². The van der Waals surface area contributed by atoms with Gasteiger partial charge in [-0.1, -0.05) is 57.8 Å². The molecule has 0 saturated heterocycles. The second-order valence-corrected chi connectivity index (χ2v) is 9.17. The number of carbonyl (C=O) groups is 6. The zero-order chi connectivity index (χ0) is 30.3. The van der Waals surface area contributed by atoms with Gasteiger partial charge in [-0.2, -0.15) is 0 Å². The van der Waals surface area contributed by atoms with Gasteiger partial charge < -0.3 is 30.6 Å². The van der Waals surface area contributed by atoms with Crippen LogP contribution in [-0.2, 0) is 73.5 Å². The van der Waals surface area contributed by atoms with Crippen LogP contribution < -0.4 is 0 Å². The van der Waals surface area contributed by atoms with Crippen LogP contribution >= 0.6 is 0 Å². The number of aliphatic carboxylic acids is 6. The van der Waals surface area contributed by atoms with Crippen LogP contribution in [0.15, 0.2) is 0 Å². The molecule has 0 saturated carbocycles. The van der Waals surface area contributed by atoms with Crippen molar-refractivity contribution in [2.45, 2.75) is 135 Å². The first-order valence-corrected chi connectivity index (χ1v) is 13.7. The van der Waals surface area contributed by atoms with Gasteiger partial charge >= 0.3 is 35.8 Å². The van der Waals surface area contributed by atoms with Crippen molar-refractivity contribution in [2.24, 2.45) is 0 Å². The van der Waals surface area contributed by atoms with Crippen molar-refractivity contribution in [3.63, 3.8) is 0 Å². The van der Waals surface area contributed by atoms with Crippen LogP contribution in [0.5, 0.6) is 0 Å². The summed E-state index contributed by atoms with van der Waals surface area (Å²) in [6.45, 7) is 0. The van der Waals surface area contributed by atoms with Crippen molar-refractivity contribution in [2.75, 3.05) is 0 Å². The molecule has 0 aromatic heterocycles. The van der Waals surface area contributed by atoms with Gasteiger partial charge in [0.15, 0.2) is 0 Å². The van der Waals surface area contributed by atoms with Gasteiger partial charge in [0.1, 0.15) is 0 Å². The molecule has 41 heavy (non-hydrogen) atoms. The van der Waals surface area contributed by atoms with Crippen molar-refractivity contribution in [1.82, 2.24) is 0 Å². The van der Waals surface area contributed by atoms with Gasteiger partial charge in [-0.3, -0.25) is 28.8 Å². The first-order valence-electron chi connectivity index (χ1n) is 13.7. The van der Waals surface area contributed by atoms with Crippen molar-refractivity contribution in [3.05, 3.63) is 0 Å². The monoisotopic (exact) mass is 958 g/mol. The number of carboxylic acids is 6. The smallest absolute Gasteiger partial charge is 0.303 e. The summed E-state index contributed by atoms with van der Waals surface area (Å²) < 4.78 is 0. The molecule has 14 heteroatoms. The van der Waals surface area contributed by atoms with Crippen LogP contribution in [0, 0.1) is 0 Å². The van der Waals surface area contributed by atoms with E-state index in [1.165, 1.54) is 0 Å². The molecule has 0 aromatic carbocycles. The van der Waals surface area contributed by atoms with Crippen molar-refractivity contribution in [3.8, 4) is 0 Å². The summed E-state index contributed by atoms with van der Waals surface area (Å²) in [6.07, 6.45) is 13.6. The molecule has 0 aromatic rings. The van der Waals surface area contributed by atoms with E-state index in [0.29, 0.717) is 38.5 Å². The van der Waals surface area contributed by atoms with Gasteiger partial charge in [-0.15, -0.1) is 0 Å². The van der Waals surface area contributed by atoms with Gasteiger partial charge in [0.25, 0.3) is 0 Å². The summed E-state index contributed by atoms with van der Waals surface area (Å²) in [6, 6.07) is 0. The third kappa shape index (κ3) is 63.0. The molecule has 0 spiro atoms. The fourth-order valence-corrected chi connectivity index (χ4v) is 3.25. The summed E-state index contributed by atoms with van der Waals surface area (Å²) in [5.41, 5.74) is 0. The Balaban J connectivity index is -0.000000154. The molecule has 0 aliphatic rings. The molecule has 0 fully saturated rings. The Kier molecular flexibility index (Phi) is 45.8. The maximum atomic E-state index is 10.1. The zero-order valence-electron chi connectivity index (χ0n) is 23.6. The molecule has 0 aliphatic carbocycles. The van der Waals surface area contributed by atoms with E-state index in [4.69, 9.17) is 30.6 Å². The number of unbranched alkanes of at least 4 members (excludes halogenated alkanes) is 12. The Hall–Kier alpha value is -1.70. The molecule has 0 rings (SSSR count). The third-order valence-electron chi connectivity index (χ3n) is 5.34. The SMILES string of the molecule is O=C(O)CCCCCCCC(=O)O.O=C(O)CCCCCCCC(=O)O.O=C(O)CCCCCCCC(=O)O.[Au].[Au]. The summed E-state index contributed by atoms with van der Waals surface area (Å²) in [7, 11) is 0. The Bertz CT molecular complexity index is 543. The second kappa shape index (κ2) is 38.3. The summed E-state index contributed by atoms with van der Waals surface area (Å²) in [5.74, 6) is -4.55. The normalized spacial score (nSPS) is 9.37. The van der Waals surface area contributed by atoms with E-state index in [1.54, 1.807) is 0 Å². The van der Waals surface area contributed by atoms with Crippen LogP contribution in [0.2, 0.25) is 0 Å². The first kappa shape index (κ1) is 49.0. The fraction of sp³-hybridized carbons (Fsp3) is 0.778. The van der Waals surface area contributed by atoms with E-state index in [0.717, 1.165) is 57.8 Å². The average Bonchev–Trinajstić information content (AvgIpc) is 2.82. The molecule has 0 atom stereocenters. The summed E-state index contributed by atoms with van der Waals surface area (Å²) in [5, 5.41) is 49.9. The molecular formula is C27H48Au2O12. The minimum atomic E-state index is -0.759. The Morgan fingerprint density at radius 3 is 0.439 bits per heavy atom. The third-order valence-corrected chi connectivity index (χ3v) is 5.34. The van der Waals surface area contributed by atoms with E-state index in [1.807, 2.05) is 0 Å². The summed E-state index contributed by atoms with van der Waals surface area (Å²) in [4.78, 5) is 60.6. The Morgan fingerprint density at radius 1 is 0.244 bits per heavy atom. The number of carboxylic acid groups (broad SMARTS) is 6. The van der Waals surface area contributed by atoms with E-state index in [-0.39, 0.29) is 83.3 Å². The van der Waals surface area contributed by atoms with Crippen LogP contribution in [0.4, 0.5) is 0 Å². The maximum absolute atomic E-state index is 10.1. The standard InChI is InChI=1S/3C9H16O4.2Au/c3*10-8(11)6-4-2-1-3-5-7-9(12)13;;/h3*1-7H2,(H,10,11)(H,12,13);;. The van der Waals surface area contributed by atoms with Gasteiger partial charge in [0, 0.05) is 83.3 Å². The molecule has 12 nitrogen and oxygen atoms in total. The molecule has 0 bridgehead atoms. The molecule has 6 N–H and O–H groups in total. The first-order chi connectivity index (χ1) is 18.4. The fourth-order valence-electron chi connectivity index (χ4n) is 3.25. The minimum Gasteiger partial charge on any atom is -0.481 e.